The predicted molar refractivity (Wildman–Crippen MR) is 139 cm³/mol. The molecule has 8 nitrogen and oxygen atoms in total. The molecule has 2 aromatic carbocycles. The molecular weight excluding hydrogens is 554 g/mol. The summed E-state index contributed by atoms with van der Waals surface area (Å²) in [5.41, 5.74) is 4.91. The minimum absolute atomic E-state index is 0.0182. The number of nitrogens with zero attached hydrogens (tertiary/aromatic N) is 2. The molecule has 4 rings (SSSR count). The number of amides is 1. The van der Waals surface area contributed by atoms with Crippen molar-refractivity contribution in [3.63, 3.8) is 0 Å². The Balaban J connectivity index is 1.60. The lowest BCUT2D eigenvalue weighted by Crippen LogP contribution is -2.28. The molecule has 1 aliphatic rings. The van der Waals surface area contributed by atoms with Crippen molar-refractivity contribution in [1.29, 1.82) is 0 Å². The van der Waals surface area contributed by atoms with E-state index in [1.807, 2.05) is 0 Å². The van der Waals surface area contributed by atoms with Gasteiger partial charge in [0, 0.05) is 13.0 Å². The highest BCUT2D eigenvalue weighted by Gasteiger charge is 2.32. The van der Waals surface area contributed by atoms with Crippen LogP contribution in [0.25, 0.3) is 0 Å². The summed E-state index contributed by atoms with van der Waals surface area (Å²) in [6, 6.07) is 11.0. The number of pyridine rings is 1. The summed E-state index contributed by atoms with van der Waals surface area (Å²) in [6.45, 7) is 1.45. The zero-order valence-electron chi connectivity index (χ0n) is 21.4. The summed E-state index contributed by atoms with van der Waals surface area (Å²) in [4.78, 5) is 18.2. The number of primary amides is 1. The number of aliphatic hydroxyl groups is 1. The number of benzene rings is 2. The molecule has 1 aliphatic heterocycles. The number of rotatable bonds is 9. The first-order chi connectivity index (χ1) is 18.8. The lowest BCUT2D eigenvalue weighted by atomic mass is 9.92. The summed E-state index contributed by atoms with van der Waals surface area (Å²) >= 11 is 0. The van der Waals surface area contributed by atoms with Crippen molar-refractivity contribution in [3.05, 3.63) is 82.8 Å². The van der Waals surface area contributed by atoms with E-state index < -0.39 is 51.9 Å². The van der Waals surface area contributed by atoms with E-state index in [2.05, 4.69) is 4.98 Å². The van der Waals surface area contributed by atoms with Crippen LogP contribution < -0.4 is 15.4 Å². The summed E-state index contributed by atoms with van der Waals surface area (Å²) in [6.07, 6.45) is -4.52. The van der Waals surface area contributed by atoms with Gasteiger partial charge in [0.1, 0.15) is 11.9 Å². The number of aliphatic hydroxyl groups excluding tert-OH is 1. The van der Waals surface area contributed by atoms with E-state index in [0.29, 0.717) is 18.5 Å². The fraction of sp³-hybridized carbons (Fsp3) is 0.333. The number of hydrogen-bond acceptors (Lipinski definition) is 7. The van der Waals surface area contributed by atoms with Crippen molar-refractivity contribution < 1.29 is 40.6 Å². The maximum Gasteiger partial charge on any atom is 0.416 e. The minimum atomic E-state index is -4.47. The monoisotopic (exact) mass is 581 g/mol. The Kier molecular flexibility index (Phi) is 8.36. The van der Waals surface area contributed by atoms with Crippen LogP contribution in [0.4, 0.5) is 23.4 Å². The van der Waals surface area contributed by atoms with Crippen molar-refractivity contribution in [2.45, 2.75) is 36.4 Å². The normalized spacial score (nSPS) is 16.6. The van der Waals surface area contributed by atoms with E-state index in [0.717, 1.165) is 18.2 Å². The molecule has 40 heavy (non-hydrogen) atoms. The Morgan fingerprint density at radius 1 is 1.18 bits per heavy atom. The lowest BCUT2D eigenvalue weighted by molar-refractivity contribution is -0.137. The number of anilines is 1. The molecule has 1 amide bonds. The highest BCUT2D eigenvalue weighted by Crippen LogP contribution is 2.33. The Bertz CT molecular complexity index is 1480. The Morgan fingerprint density at radius 3 is 2.38 bits per heavy atom. The number of ether oxygens (including phenoxy) is 1. The third-order valence-corrected chi connectivity index (χ3v) is 8.47. The first-order valence-electron chi connectivity index (χ1n) is 12.4. The summed E-state index contributed by atoms with van der Waals surface area (Å²) in [7, 11) is -3.46. The fourth-order valence-corrected chi connectivity index (χ4v) is 5.42. The third-order valence-electron chi connectivity index (χ3n) is 6.72. The molecule has 214 valence electrons. The number of hydrogen-bond donors (Lipinski definition) is 2. The van der Waals surface area contributed by atoms with Gasteiger partial charge in [-0.1, -0.05) is 19.1 Å². The van der Waals surface area contributed by atoms with Crippen LogP contribution in [0.3, 0.4) is 0 Å². The lowest BCUT2D eigenvalue weighted by Gasteiger charge is -2.23. The molecule has 3 aromatic rings. The molecule has 1 saturated heterocycles. The van der Waals surface area contributed by atoms with Gasteiger partial charge in [-0.25, -0.2) is 17.8 Å². The number of carbonyl (C=O) groups excluding carboxylic acids is 1. The van der Waals surface area contributed by atoms with Crippen molar-refractivity contribution in [1.82, 2.24) is 4.98 Å². The van der Waals surface area contributed by atoms with Crippen LogP contribution in [0.2, 0.25) is 0 Å². The zero-order valence-corrected chi connectivity index (χ0v) is 22.2. The number of nitrogens with two attached hydrogens (primary N) is 1. The molecule has 0 spiro atoms. The zero-order chi connectivity index (χ0) is 29.2. The molecule has 1 aromatic heterocycles. The molecule has 0 saturated carbocycles. The van der Waals surface area contributed by atoms with Crippen LogP contribution >= 0.6 is 0 Å². The quantitative estimate of drug-likeness (QED) is 0.368. The second-order valence-electron chi connectivity index (χ2n) is 9.30. The maximum absolute atomic E-state index is 15.2. The smallest absolute Gasteiger partial charge is 0.416 e. The standard InChI is InChI=1S/C27H27F4N3O5S/c1-2-40(37,38)20-9-3-16(4-10-20)22(15-35)24-21(25(32)36)13-23(28)26(33-24)34-12-11-19(14-34)39-18-7-5-17(6-8-18)27(29,30)31/h3-10,13,19,22,35H,2,11-12,14-15H2,1H3,(H2,32,36)/t19-,22+/m0/s1. The van der Waals surface area contributed by atoms with Gasteiger partial charge in [-0.3, -0.25) is 4.79 Å². The van der Waals surface area contributed by atoms with Crippen LogP contribution in [-0.2, 0) is 16.0 Å². The second kappa shape index (κ2) is 11.4. The molecule has 2 atom stereocenters. The van der Waals surface area contributed by atoms with Gasteiger partial charge in [0.25, 0.3) is 5.91 Å². The molecule has 1 fully saturated rings. The number of halogens is 4. The average Bonchev–Trinajstić information content (AvgIpc) is 3.37. The molecule has 0 aliphatic carbocycles. The van der Waals surface area contributed by atoms with Crippen LogP contribution in [0.15, 0.2) is 59.5 Å². The van der Waals surface area contributed by atoms with Crippen LogP contribution in [0.5, 0.6) is 5.75 Å². The number of aromatic nitrogens is 1. The summed E-state index contributed by atoms with van der Waals surface area (Å²) < 4.78 is 83.7. The van der Waals surface area contributed by atoms with E-state index in [1.54, 1.807) is 4.90 Å². The van der Waals surface area contributed by atoms with Gasteiger partial charge in [0.2, 0.25) is 0 Å². The van der Waals surface area contributed by atoms with E-state index >= 15 is 4.39 Å². The van der Waals surface area contributed by atoms with Gasteiger partial charge in [0.05, 0.1) is 46.5 Å². The number of alkyl halides is 3. The highest BCUT2D eigenvalue weighted by atomic mass is 32.2. The highest BCUT2D eigenvalue weighted by molar-refractivity contribution is 7.91. The molecule has 0 radical (unpaired) electrons. The van der Waals surface area contributed by atoms with Crippen molar-refractivity contribution >= 4 is 21.6 Å². The van der Waals surface area contributed by atoms with Gasteiger partial charge in [-0.15, -0.1) is 0 Å². The minimum Gasteiger partial charge on any atom is -0.489 e. The van der Waals surface area contributed by atoms with Crippen LogP contribution in [-0.4, -0.2) is 56.0 Å². The fourth-order valence-electron chi connectivity index (χ4n) is 4.53. The van der Waals surface area contributed by atoms with Gasteiger partial charge < -0.3 is 20.5 Å². The molecule has 3 N–H and O–H groups in total. The summed E-state index contributed by atoms with van der Waals surface area (Å²) in [5, 5.41) is 10.2. The van der Waals surface area contributed by atoms with E-state index in [9.17, 15) is 31.5 Å². The SMILES string of the molecule is CCS(=O)(=O)c1ccc([C@@H](CO)c2nc(N3CC[C@H](Oc4ccc(C(F)(F)F)cc4)C3)c(F)cc2C(N)=O)cc1. The van der Waals surface area contributed by atoms with Gasteiger partial charge in [0.15, 0.2) is 21.5 Å². The van der Waals surface area contributed by atoms with Crippen molar-refractivity contribution in [2.75, 3.05) is 30.3 Å². The second-order valence-corrected chi connectivity index (χ2v) is 11.6. The molecule has 2 heterocycles. The topological polar surface area (TPSA) is 123 Å². The molecule has 13 heteroatoms. The van der Waals surface area contributed by atoms with Crippen LogP contribution in [0, 0.1) is 5.82 Å². The first kappa shape index (κ1) is 29.3. The molecular formula is C27H27F4N3O5S. The van der Waals surface area contributed by atoms with Gasteiger partial charge in [-0.05, 0) is 48.0 Å². The van der Waals surface area contributed by atoms with E-state index in [4.69, 9.17) is 10.5 Å². The average molecular weight is 582 g/mol. The Hall–Kier alpha value is -3.71. The van der Waals surface area contributed by atoms with E-state index in [1.165, 1.54) is 43.3 Å². The van der Waals surface area contributed by atoms with Crippen molar-refractivity contribution in [3.8, 4) is 5.75 Å². The number of sulfone groups is 1. The summed E-state index contributed by atoms with van der Waals surface area (Å²) in [5.74, 6) is -2.67. The third kappa shape index (κ3) is 6.20. The van der Waals surface area contributed by atoms with E-state index in [-0.39, 0.29) is 40.0 Å². The predicted octanol–water partition coefficient (Wildman–Crippen LogP) is 3.91. The maximum atomic E-state index is 15.2. The Morgan fingerprint density at radius 2 is 1.82 bits per heavy atom. The largest absolute Gasteiger partial charge is 0.489 e. The Labute approximate surface area is 228 Å². The number of carbonyl (C=O) groups is 1. The van der Waals surface area contributed by atoms with Crippen molar-refractivity contribution in [2.24, 2.45) is 5.73 Å². The molecule has 0 bridgehead atoms. The molecule has 0 unspecified atom stereocenters. The van der Waals surface area contributed by atoms with Gasteiger partial charge in [-0.2, -0.15) is 13.2 Å². The van der Waals surface area contributed by atoms with Gasteiger partial charge >= 0.3 is 6.18 Å². The first-order valence-corrected chi connectivity index (χ1v) is 14.0. The van der Waals surface area contributed by atoms with Crippen LogP contribution in [0.1, 0.15) is 46.4 Å².